The molecule has 0 unspecified atom stereocenters. The van der Waals surface area contributed by atoms with Crippen LogP contribution >= 0.6 is 32.4 Å². The molecule has 12 nitrogen and oxygen atoms in total. The van der Waals surface area contributed by atoms with Gasteiger partial charge >= 0.3 is 66.5 Å². The molecule has 12 aromatic rings. The number of fused-ring (bicyclic) bond motifs is 4. The summed E-state index contributed by atoms with van der Waals surface area (Å²) < 4.78 is 135. The van der Waals surface area contributed by atoms with Gasteiger partial charge in [-0.15, -0.1) is 0 Å². The van der Waals surface area contributed by atoms with Crippen LogP contribution < -0.4 is 31.8 Å². The second-order valence-corrected chi connectivity index (χ2v) is 27.0. The Bertz CT molecular complexity index is 4260. The van der Waals surface area contributed by atoms with Gasteiger partial charge in [-0.1, -0.05) is 279 Å². The van der Waals surface area contributed by atoms with E-state index in [2.05, 4.69) is 279 Å². The summed E-state index contributed by atoms with van der Waals surface area (Å²) in [4.78, 5) is 28.6. The van der Waals surface area contributed by atoms with Crippen LogP contribution in [-0.2, 0) is 68.3 Å². The maximum atomic E-state index is 10.7. The van der Waals surface area contributed by atoms with Crippen molar-refractivity contribution in [1.29, 1.82) is 0 Å². The van der Waals surface area contributed by atoms with Crippen molar-refractivity contribution in [2.45, 2.75) is 11.0 Å². The van der Waals surface area contributed by atoms with E-state index in [-0.39, 0.29) is 39.0 Å². The van der Waals surface area contributed by atoms with Crippen molar-refractivity contribution in [1.82, 2.24) is 0 Å². The predicted molar refractivity (Wildman–Crippen MR) is 350 cm³/mol. The molecule has 4 N–H and O–H groups in total. The number of hydrogen-bond donors (Lipinski definition) is 4. The minimum atomic E-state index is -6.09. The molecule has 26 heteroatoms. The molecule has 2 radical (unpaired) electrons. The van der Waals surface area contributed by atoms with Gasteiger partial charge in [-0.2, -0.15) is 26.3 Å². The number of halogens is 6. The van der Waals surface area contributed by atoms with Crippen molar-refractivity contribution in [3.63, 3.8) is 0 Å². The van der Waals surface area contributed by atoms with Gasteiger partial charge in [0.05, 0.1) is 0 Å². The van der Waals surface area contributed by atoms with Crippen LogP contribution in [0, 0.1) is 0 Å². The number of rotatable bonds is 8. The molecule has 0 saturated carbocycles. The molecule has 0 aliphatic rings. The van der Waals surface area contributed by atoms with Crippen LogP contribution in [-0.4, -0.2) is 56.5 Å². The quantitative estimate of drug-likeness (QED) is 0.0366. The zero-order valence-corrected chi connectivity index (χ0v) is 56.2. The molecule has 0 aliphatic heterocycles. The second-order valence-electron chi connectivity index (χ2n) is 18.8. The third-order valence-electron chi connectivity index (χ3n) is 13.0. The van der Waals surface area contributed by atoms with Gasteiger partial charge in [0.15, 0.2) is 20.2 Å². The van der Waals surface area contributed by atoms with Crippen molar-refractivity contribution in [2.24, 2.45) is 0 Å². The van der Waals surface area contributed by atoms with Gasteiger partial charge in [0, 0.05) is 0 Å². The van der Waals surface area contributed by atoms with Crippen molar-refractivity contribution in [3.05, 3.63) is 279 Å². The van der Waals surface area contributed by atoms with Gasteiger partial charge in [0.25, 0.3) is 0 Å². The van der Waals surface area contributed by atoms with E-state index in [1.807, 2.05) is 0 Å². The third-order valence-corrected chi connectivity index (χ3v) is 19.1. The first-order valence-electron chi connectivity index (χ1n) is 26.4. The number of benzene rings is 12. The number of alkyl halides is 6. The van der Waals surface area contributed by atoms with Gasteiger partial charge in [-0.05, 0) is 113 Å². The first-order valence-corrected chi connectivity index (χ1v) is 34.6. The Balaban J connectivity index is 0.000000244. The summed E-state index contributed by atoms with van der Waals surface area (Å²) >= 11 is 0. The smallest absolute Gasteiger partial charge is 0.741 e. The van der Waals surface area contributed by atoms with Crippen LogP contribution in [0.15, 0.2) is 279 Å². The molecule has 0 fully saturated rings. The average molecular weight is 1540 g/mol. The number of hydrogen-bond acceptors (Lipinski definition) is 8. The van der Waals surface area contributed by atoms with E-state index in [0.717, 1.165) is 0 Å². The largest absolute Gasteiger partial charge is 1.00 e. The molecule has 0 spiro atoms. The van der Waals surface area contributed by atoms with Crippen molar-refractivity contribution in [3.8, 4) is 22.3 Å². The van der Waals surface area contributed by atoms with Crippen molar-refractivity contribution < 1.29 is 120 Å². The zero-order chi connectivity index (χ0) is 65.2. The van der Waals surface area contributed by atoms with Gasteiger partial charge in [0.2, 0.25) is 0 Å². The van der Waals surface area contributed by atoms with Gasteiger partial charge in [-0.3, -0.25) is 9.13 Å². The summed E-state index contributed by atoms with van der Waals surface area (Å²) in [6, 6.07) is 102. The monoisotopic (exact) mass is 1540 g/mol. The fourth-order valence-electron chi connectivity index (χ4n) is 9.51. The molecule has 12 rings (SSSR count). The van der Waals surface area contributed by atoms with Gasteiger partial charge in [0.1, 0.15) is 0 Å². The Kier molecular flexibility index (Phi) is 29.1. The van der Waals surface area contributed by atoms with Crippen LogP contribution in [0.3, 0.4) is 0 Å². The van der Waals surface area contributed by atoms with Crippen molar-refractivity contribution >= 4 is 128 Å². The molecule has 92 heavy (non-hydrogen) atoms. The average Bonchev–Trinajstić information content (AvgIpc) is 0.760. The first kappa shape index (κ1) is 76.2. The molecular weight excluding hydrogens is 1490 g/mol. The van der Waals surface area contributed by atoms with E-state index in [1.165, 1.54) is 97.2 Å². The van der Waals surface area contributed by atoms with Crippen molar-refractivity contribution in [2.75, 3.05) is 0 Å². The summed E-state index contributed by atoms with van der Waals surface area (Å²) in [5, 5.41) is 18.6. The SMILES string of the molecule is O=S(=O)([O-])C(F)(F)F.O=S(=O)([O-])C(F)(F)F.O=[PH](O)O.O=[PH](O)O.[Ru+].[Ru+].c1ccc(P(c2ccccc2)c2ccc3ccccc3c2-c2cccc3ccccc23)cc1.c1ccc(P(c2ccccc2)c2ccc3ccccc3c2-c2cccc3ccccc23)cc1. The maximum absolute atomic E-state index is 10.7. The first-order chi connectivity index (χ1) is 42.8. The maximum Gasteiger partial charge on any atom is 1.00 e. The molecule has 0 aromatic heterocycles. The van der Waals surface area contributed by atoms with E-state index in [1.54, 1.807) is 0 Å². The topological polar surface area (TPSA) is 229 Å². The van der Waals surface area contributed by atoms with Gasteiger partial charge in [-0.25, -0.2) is 16.8 Å². The standard InChI is InChI=1S/2C32H23P.2CHF3O3S.2H3O3P.2Ru/c2*1-3-15-26(16-4-1)33(27-17-5-2-6-18-27)31-23-22-25-13-8-10-20-29(25)32(31)30-21-11-14-24-12-7-9-19-28(24)30;2*2-1(3,4)8(5,6)7;2*1-4(2)3;;/h2*1-23H;2*(H,5,6,7);2*4H,(H2,1,2,3);;/q;;;;;;2*+1/p-2. The predicted octanol–water partition coefficient (Wildman–Crippen LogP) is 13.7. The fraction of sp³-hybridized carbons (Fsp3) is 0.0303. The van der Waals surface area contributed by atoms with E-state index in [0.29, 0.717) is 0 Å². The Morgan fingerprint density at radius 1 is 0.304 bits per heavy atom. The molecular formula is C66H52F6O12P4Ru2S2. The van der Waals surface area contributed by atoms with Crippen LogP contribution in [0.2, 0.25) is 0 Å². The Morgan fingerprint density at radius 2 is 0.500 bits per heavy atom. The molecule has 0 bridgehead atoms. The molecule has 0 heterocycles. The normalized spacial score (nSPS) is 11.3. The summed E-state index contributed by atoms with van der Waals surface area (Å²) in [6.07, 6.45) is 0. The Hall–Kier alpha value is -6.51. The summed E-state index contributed by atoms with van der Waals surface area (Å²) in [5.41, 5.74) is -5.98. The fourth-order valence-corrected chi connectivity index (χ4v) is 14.5. The Labute approximate surface area is 555 Å². The van der Waals surface area contributed by atoms with Crippen LogP contribution in [0.5, 0.6) is 0 Å². The van der Waals surface area contributed by atoms with Crippen LogP contribution in [0.4, 0.5) is 26.3 Å². The van der Waals surface area contributed by atoms with E-state index in [9.17, 15) is 26.3 Å². The van der Waals surface area contributed by atoms with E-state index >= 15 is 0 Å². The minimum Gasteiger partial charge on any atom is -0.741 e. The van der Waals surface area contributed by atoms with Gasteiger partial charge < -0.3 is 28.7 Å². The molecule has 478 valence electrons. The molecule has 0 amide bonds. The molecule has 12 aromatic carbocycles. The summed E-state index contributed by atoms with van der Waals surface area (Å²) in [6.45, 7) is 0. The molecule has 0 aliphatic carbocycles. The molecule has 0 atom stereocenters. The summed E-state index contributed by atoms with van der Waals surface area (Å²) in [5.74, 6) is 0. The van der Waals surface area contributed by atoms with E-state index < -0.39 is 63.6 Å². The summed E-state index contributed by atoms with van der Waals surface area (Å²) in [7, 11) is -19.9. The zero-order valence-electron chi connectivity index (χ0n) is 47.3. The minimum absolute atomic E-state index is 0. The van der Waals surface area contributed by atoms with Crippen LogP contribution in [0.25, 0.3) is 65.3 Å². The van der Waals surface area contributed by atoms with E-state index in [4.69, 9.17) is 54.6 Å². The Morgan fingerprint density at radius 3 is 0.739 bits per heavy atom. The van der Waals surface area contributed by atoms with Crippen LogP contribution in [0.1, 0.15) is 0 Å². The second kappa shape index (κ2) is 35.1. The molecule has 0 saturated heterocycles. The third kappa shape index (κ3) is 20.7.